The second-order valence-electron chi connectivity index (χ2n) is 4.28. The standard InChI is InChI=1S/C12H14ClFN2O/c13-8-3-4-10(11(14)6-8)12(17)16-5-1-2-9(15)7-16/h3-4,6,9H,1-2,5,7,15H2. The van der Waals surface area contributed by atoms with E-state index in [1.165, 1.54) is 12.1 Å². The van der Waals surface area contributed by atoms with Gasteiger partial charge in [0.15, 0.2) is 0 Å². The summed E-state index contributed by atoms with van der Waals surface area (Å²) in [7, 11) is 0. The van der Waals surface area contributed by atoms with Crippen LogP contribution in [0.15, 0.2) is 18.2 Å². The van der Waals surface area contributed by atoms with Crippen LogP contribution >= 0.6 is 11.6 Å². The summed E-state index contributed by atoms with van der Waals surface area (Å²) in [4.78, 5) is 13.7. The van der Waals surface area contributed by atoms with Gasteiger partial charge in [0.1, 0.15) is 5.82 Å². The molecule has 0 bridgehead atoms. The summed E-state index contributed by atoms with van der Waals surface area (Å²) in [5, 5.41) is 0.286. The van der Waals surface area contributed by atoms with Crippen molar-refractivity contribution in [3.63, 3.8) is 0 Å². The van der Waals surface area contributed by atoms with Crippen LogP contribution in [0.1, 0.15) is 23.2 Å². The van der Waals surface area contributed by atoms with Crippen LogP contribution in [0.4, 0.5) is 4.39 Å². The number of benzene rings is 1. The molecule has 0 aliphatic carbocycles. The number of piperidine rings is 1. The first kappa shape index (κ1) is 12.3. The van der Waals surface area contributed by atoms with E-state index in [2.05, 4.69) is 0 Å². The number of amides is 1. The first-order chi connectivity index (χ1) is 8.08. The highest BCUT2D eigenvalue weighted by Crippen LogP contribution is 2.18. The van der Waals surface area contributed by atoms with Crippen LogP contribution in [0.25, 0.3) is 0 Å². The number of carbonyl (C=O) groups excluding carboxylic acids is 1. The molecule has 1 atom stereocenters. The summed E-state index contributed by atoms with van der Waals surface area (Å²) in [6.45, 7) is 1.12. The second-order valence-corrected chi connectivity index (χ2v) is 4.71. The van der Waals surface area contributed by atoms with E-state index in [0.29, 0.717) is 13.1 Å². The maximum absolute atomic E-state index is 13.6. The van der Waals surface area contributed by atoms with Gasteiger partial charge in [0.25, 0.3) is 5.91 Å². The van der Waals surface area contributed by atoms with Gasteiger partial charge in [-0.15, -0.1) is 0 Å². The van der Waals surface area contributed by atoms with Crippen molar-refractivity contribution in [2.24, 2.45) is 5.73 Å². The molecule has 1 heterocycles. The van der Waals surface area contributed by atoms with Gasteiger partial charge in [-0.2, -0.15) is 0 Å². The maximum atomic E-state index is 13.6. The molecule has 1 fully saturated rings. The minimum absolute atomic E-state index is 0.0111. The maximum Gasteiger partial charge on any atom is 0.256 e. The molecular formula is C12H14ClFN2O. The molecule has 1 unspecified atom stereocenters. The van der Waals surface area contributed by atoms with E-state index in [1.807, 2.05) is 0 Å². The van der Waals surface area contributed by atoms with Gasteiger partial charge in [-0.1, -0.05) is 11.6 Å². The zero-order valence-corrected chi connectivity index (χ0v) is 10.1. The van der Waals surface area contributed by atoms with E-state index in [9.17, 15) is 9.18 Å². The zero-order chi connectivity index (χ0) is 12.4. The van der Waals surface area contributed by atoms with E-state index in [0.717, 1.165) is 18.9 Å². The van der Waals surface area contributed by atoms with Crippen molar-refractivity contribution < 1.29 is 9.18 Å². The second kappa shape index (κ2) is 5.02. The van der Waals surface area contributed by atoms with Gasteiger partial charge in [-0.25, -0.2) is 4.39 Å². The van der Waals surface area contributed by atoms with Crippen molar-refractivity contribution in [2.45, 2.75) is 18.9 Å². The monoisotopic (exact) mass is 256 g/mol. The summed E-state index contributed by atoms with van der Waals surface area (Å²) >= 11 is 5.65. The number of carbonyl (C=O) groups is 1. The summed E-state index contributed by atoms with van der Waals surface area (Å²) < 4.78 is 13.6. The predicted octanol–water partition coefficient (Wildman–Crippen LogP) is 2.04. The van der Waals surface area contributed by atoms with Crippen LogP contribution < -0.4 is 5.73 Å². The molecule has 3 nitrogen and oxygen atoms in total. The molecule has 0 saturated carbocycles. The molecule has 92 valence electrons. The topological polar surface area (TPSA) is 46.3 Å². The zero-order valence-electron chi connectivity index (χ0n) is 9.33. The lowest BCUT2D eigenvalue weighted by Gasteiger charge is -2.30. The first-order valence-corrected chi connectivity index (χ1v) is 5.95. The van der Waals surface area contributed by atoms with E-state index in [4.69, 9.17) is 17.3 Å². The summed E-state index contributed by atoms with van der Waals surface area (Å²) in [6.07, 6.45) is 1.77. The Bertz CT molecular complexity index is 439. The molecule has 1 aliphatic heterocycles. The van der Waals surface area contributed by atoms with Gasteiger partial charge in [-0.05, 0) is 31.0 Å². The Balaban J connectivity index is 2.18. The Morgan fingerprint density at radius 3 is 2.94 bits per heavy atom. The number of rotatable bonds is 1. The SMILES string of the molecule is NC1CCCN(C(=O)c2ccc(Cl)cc2F)C1. The smallest absolute Gasteiger partial charge is 0.256 e. The van der Waals surface area contributed by atoms with Crippen molar-refractivity contribution in [2.75, 3.05) is 13.1 Å². The number of nitrogens with two attached hydrogens (primary N) is 1. The molecule has 1 aliphatic rings. The minimum Gasteiger partial charge on any atom is -0.337 e. The Morgan fingerprint density at radius 1 is 1.53 bits per heavy atom. The fourth-order valence-electron chi connectivity index (χ4n) is 2.03. The van der Waals surface area contributed by atoms with Gasteiger partial charge >= 0.3 is 0 Å². The fourth-order valence-corrected chi connectivity index (χ4v) is 2.19. The quantitative estimate of drug-likeness (QED) is 0.836. The van der Waals surface area contributed by atoms with E-state index in [-0.39, 0.29) is 22.5 Å². The average molecular weight is 257 g/mol. The van der Waals surface area contributed by atoms with Crippen LogP contribution in [0.3, 0.4) is 0 Å². The lowest BCUT2D eigenvalue weighted by molar-refractivity contribution is 0.0704. The van der Waals surface area contributed by atoms with Crippen molar-refractivity contribution in [3.05, 3.63) is 34.6 Å². The van der Waals surface area contributed by atoms with Gasteiger partial charge in [0.2, 0.25) is 0 Å². The third-order valence-electron chi connectivity index (χ3n) is 2.91. The van der Waals surface area contributed by atoms with E-state index >= 15 is 0 Å². The Hall–Kier alpha value is -1.13. The summed E-state index contributed by atoms with van der Waals surface area (Å²) in [5.41, 5.74) is 5.85. The van der Waals surface area contributed by atoms with Crippen LogP contribution in [0.2, 0.25) is 5.02 Å². The van der Waals surface area contributed by atoms with Gasteiger partial charge in [0.05, 0.1) is 5.56 Å². The van der Waals surface area contributed by atoms with Crippen molar-refractivity contribution in [3.8, 4) is 0 Å². The number of hydrogen-bond acceptors (Lipinski definition) is 2. The third-order valence-corrected chi connectivity index (χ3v) is 3.14. The van der Waals surface area contributed by atoms with E-state index in [1.54, 1.807) is 4.90 Å². The largest absolute Gasteiger partial charge is 0.337 e. The molecular weight excluding hydrogens is 243 g/mol. The number of likely N-dealkylation sites (tertiary alicyclic amines) is 1. The molecule has 1 saturated heterocycles. The summed E-state index contributed by atoms with van der Waals surface area (Å²) in [6, 6.07) is 4.07. The Labute approximate surface area is 104 Å². The molecule has 2 N–H and O–H groups in total. The minimum atomic E-state index is -0.582. The molecule has 0 spiro atoms. The predicted molar refractivity (Wildman–Crippen MR) is 64.5 cm³/mol. The normalized spacial score (nSPS) is 20.4. The van der Waals surface area contributed by atoms with Crippen LogP contribution in [0.5, 0.6) is 0 Å². The number of nitrogens with zero attached hydrogens (tertiary/aromatic N) is 1. The molecule has 5 heteroatoms. The van der Waals surface area contributed by atoms with Gasteiger partial charge < -0.3 is 10.6 Å². The van der Waals surface area contributed by atoms with E-state index < -0.39 is 5.82 Å². The molecule has 1 amide bonds. The van der Waals surface area contributed by atoms with Gasteiger partial charge in [0, 0.05) is 24.2 Å². The number of halogens is 2. The summed E-state index contributed by atoms with van der Waals surface area (Å²) in [5.74, 6) is -0.893. The average Bonchev–Trinajstić information content (AvgIpc) is 2.28. The van der Waals surface area contributed by atoms with Crippen LogP contribution in [0, 0.1) is 5.82 Å². The first-order valence-electron chi connectivity index (χ1n) is 5.58. The number of hydrogen-bond donors (Lipinski definition) is 1. The van der Waals surface area contributed by atoms with Crippen molar-refractivity contribution in [1.82, 2.24) is 4.90 Å². The lowest BCUT2D eigenvalue weighted by Crippen LogP contribution is -2.45. The molecule has 2 rings (SSSR count). The molecule has 1 aromatic rings. The highest BCUT2D eigenvalue weighted by atomic mass is 35.5. The highest BCUT2D eigenvalue weighted by molar-refractivity contribution is 6.30. The van der Waals surface area contributed by atoms with Crippen LogP contribution in [-0.2, 0) is 0 Å². The fraction of sp³-hybridized carbons (Fsp3) is 0.417. The van der Waals surface area contributed by atoms with Crippen molar-refractivity contribution >= 4 is 17.5 Å². The Kier molecular flexibility index (Phi) is 3.64. The third kappa shape index (κ3) is 2.76. The van der Waals surface area contributed by atoms with Gasteiger partial charge in [-0.3, -0.25) is 4.79 Å². The lowest BCUT2D eigenvalue weighted by atomic mass is 10.1. The highest BCUT2D eigenvalue weighted by Gasteiger charge is 2.24. The van der Waals surface area contributed by atoms with Crippen LogP contribution in [-0.4, -0.2) is 29.9 Å². The molecule has 1 aromatic carbocycles. The molecule has 0 radical (unpaired) electrons. The van der Waals surface area contributed by atoms with Crippen molar-refractivity contribution in [1.29, 1.82) is 0 Å². The Morgan fingerprint density at radius 2 is 2.29 bits per heavy atom. The molecule has 0 aromatic heterocycles. The molecule has 17 heavy (non-hydrogen) atoms.